The molecule has 0 saturated carbocycles. The molecule has 1 aromatic carbocycles. The van der Waals surface area contributed by atoms with Crippen molar-refractivity contribution in [3.63, 3.8) is 0 Å². The summed E-state index contributed by atoms with van der Waals surface area (Å²) < 4.78 is 41.8. The van der Waals surface area contributed by atoms with Gasteiger partial charge in [0.1, 0.15) is 5.82 Å². The molecule has 102 valence electrons. The van der Waals surface area contributed by atoms with Crippen LogP contribution in [0.2, 0.25) is 0 Å². The Hall–Kier alpha value is -2.57. The zero-order chi connectivity index (χ0) is 14.4. The Morgan fingerprint density at radius 1 is 1.20 bits per heavy atom. The summed E-state index contributed by atoms with van der Waals surface area (Å²) in [4.78, 5) is 8.05. The lowest BCUT2D eigenvalue weighted by molar-refractivity contribution is 0.377. The van der Waals surface area contributed by atoms with Gasteiger partial charge in [-0.05, 0) is 12.1 Å². The molecule has 3 aromatic rings. The first-order valence-corrected chi connectivity index (χ1v) is 5.64. The summed E-state index contributed by atoms with van der Waals surface area (Å²) in [6.07, 6.45) is 3.03. The van der Waals surface area contributed by atoms with Gasteiger partial charge >= 0.3 is 0 Å². The van der Waals surface area contributed by atoms with Crippen LogP contribution in [-0.4, -0.2) is 19.6 Å². The highest BCUT2D eigenvalue weighted by molar-refractivity contribution is 5.80. The highest BCUT2D eigenvalue weighted by Crippen LogP contribution is 2.33. The third-order valence-corrected chi connectivity index (χ3v) is 3.06. The van der Waals surface area contributed by atoms with Gasteiger partial charge in [-0.2, -0.15) is 4.39 Å². The molecule has 2 heterocycles. The van der Waals surface area contributed by atoms with Crippen molar-refractivity contribution in [2.24, 2.45) is 7.05 Å². The first kappa shape index (κ1) is 12.5. The number of benzene rings is 1. The monoisotopic (exact) mass is 279 g/mol. The molecule has 0 saturated heterocycles. The number of hydrogen-bond acceptors (Lipinski definition) is 3. The standard InChI is InChI=1S/C13H8F3N3O/c1-19-9-5-17-3-2-8(9)18-13(19)6-4-7(14)11(16)12(20)10(6)15/h2-5,20H,1H3. The Morgan fingerprint density at radius 2 is 1.95 bits per heavy atom. The summed E-state index contributed by atoms with van der Waals surface area (Å²) in [5.41, 5.74) is 0.812. The Balaban J connectivity index is 2.34. The summed E-state index contributed by atoms with van der Waals surface area (Å²) >= 11 is 0. The second-order valence-corrected chi connectivity index (χ2v) is 4.24. The molecule has 0 aliphatic rings. The SMILES string of the molecule is Cn1c(-c2cc(F)c(F)c(O)c2F)nc2ccncc21. The van der Waals surface area contributed by atoms with E-state index in [0.29, 0.717) is 17.1 Å². The highest BCUT2D eigenvalue weighted by atomic mass is 19.2. The van der Waals surface area contributed by atoms with Gasteiger partial charge in [0.2, 0.25) is 5.82 Å². The second-order valence-electron chi connectivity index (χ2n) is 4.24. The first-order chi connectivity index (χ1) is 9.50. The molecule has 0 aliphatic carbocycles. The molecule has 0 fully saturated rings. The van der Waals surface area contributed by atoms with Gasteiger partial charge in [-0.15, -0.1) is 0 Å². The average molecular weight is 279 g/mol. The Morgan fingerprint density at radius 3 is 2.65 bits per heavy atom. The Bertz CT molecular complexity index is 829. The normalized spacial score (nSPS) is 11.2. The summed E-state index contributed by atoms with van der Waals surface area (Å²) in [5.74, 6) is -5.50. The smallest absolute Gasteiger partial charge is 0.203 e. The Labute approximate surface area is 111 Å². The molecule has 0 amide bonds. The van der Waals surface area contributed by atoms with Crippen LogP contribution in [0.4, 0.5) is 13.2 Å². The second kappa shape index (κ2) is 4.22. The minimum Gasteiger partial charge on any atom is -0.503 e. The van der Waals surface area contributed by atoms with Crippen LogP contribution in [0.25, 0.3) is 22.4 Å². The molecule has 3 rings (SSSR count). The van der Waals surface area contributed by atoms with E-state index in [4.69, 9.17) is 0 Å². The van der Waals surface area contributed by atoms with Crippen LogP contribution in [-0.2, 0) is 7.05 Å². The average Bonchev–Trinajstić information content (AvgIpc) is 2.78. The molecule has 0 aliphatic heterocycles. The van der Waals surface area contributed by atoms with Crippen LogP contribution < -0.4 is 0 Å². The number of aromatic nitrogens is 3. The lowest BCUT2D eigenvalue weighted by Crippen LogP contribution is -1.98. The number of aromatic hydroxyl groups is 1. The van der Waals surface area contributed by atoms with E-state index in [1.807, 2.05) is 0 Å². The number of rotatable bonds is 1. The van der Waals surface area contributed by atoms with E-state index < -0.39 is 23.2 Å². The van der Waals surface area contributed by atoms with Crippen molar-refractivity contribution in [3.8, 4) is 17.1 Å². The molecule has 1 N–H and O–H groups in total. The van der Waals surface area contributed by atoms with Crippen LogP contribution in [0.1, 0.15) is 0 Å². The summed E-state index contributed by atoms with van der Waals surface area (Å²) in [5, 5.41) is 9.26. The van der Waals surface area contributed by atoms with Gasteiger partial charge in [-0.25, -0.2) is 13.8 Å². The quantitative estimate of drug-likeness (QED) is 0.697. The molecule has 2 aromatic heterocycles. The number of phenols is 1. The molecular formula is C13H8F3N3O. The van der Waals surface area contributed by atoms with Crippen molar-refractivity contribution in [2.45, 2.75) is 0 Å². The van der Waals surface area contributed by atoms with E-state index >= 15 is 0 Å². The van der Waals surface area contributed by atoms with E-state index in [1.54, 1.807) is 13.1 Å². The predicted molar refractivity (Wildman–Crippen MR) is 65.5 cm³/mol. The molecule has 0 unspecified atom stereocenters. The number of hydrogen-bond donors (Lipinski definition) is 1. The third kappa shape index (κ3) is 1.63. The molecule has 20 heavy (non-hydrogen) atoms. The minimum absolute atomic E-state index is 0.0692. The van der Waals surface area contributed by atoms with Crippen molar-refractivity contribution >= 4 is 11.0 Å². The van der Waals surface area contributed by atoms with Gasteiger partial charge in [0.25, 0.3) is 0 Å². The third-order valence-electron chi connectivity index (χ3n) is 3.06. The maximum absolute atomic E-state index is 13.9. The van der Waals surface area contributed by atoms with Gasteiger partial charge in [-0.1, -0.05) is 0 Å². The fraction of sp³-hybridized carbons (Fsp3) is 0.0769. The van der Waals surface area contributed by atoms with Crippen LogP contribution in [0, 0.1) is 17.5 Å². The topological polar surface area (TPSA) is 50.9 Å². The number of imidazole rings is 1. The van der Waals surface area contributed by atoms with E-state index in [1.165, 1.54) is 17.0 Å². The number of phenolic OH excluding ortho intramolecular Hbond substituents is 1. The minimum atomic E-state index is -1.62. The van der Waals surface area contributed by atoms with Crippen molar-refractivity contribution in [3.05, 3.63) is 42.0 Å². The summed E-state index contributed by atoms with van der Waals surface area (Å²) in [7, 11) is 1.59. The van der Waals surface area contributed by atoms with Crippen molar-refractivity contribution in [1.29, 1.82) is 0 Å². The fourth-order valence-electron chi connectivity index (χ4n) is 2.03. The van der Waals surface area contributed by atoms with E-state index in [-0.39, 0.29) is 11.4 Å². The molecule has 0 bridgehead atoms. The molecular weight excluding hydrogens is 271 g/mol. The van der Waals surface area contributed by atoms with E-state index in [0.717, 1.165) is 0 Å². The zero-order valence-electron chi connectivity index (χ0n) is 10.2. The fourth-order valence-corrected chi connectivity index (χ4v) is 2.03. The largest absolute Gasteiger partial charge is 0.503 e. The first-order valence-electron chi connectivity index (χ1n) is 5.64. The summed E-state index contributed by atoms with van der Waals surface area (Å²) in [6.45, 7) is 0. The number of nitrogens with zero attached hydrogens (tertiary/aromatic N) is 3. The van der Waals surface area contributed by atoms with Crippen LogP contribution in [0.15, 0.2) is 24.5 Å². The number of halogens is 3. The number of aryl methyl sites for hydroxylation is 1. The van der Waals surface area contributed by atoms with E-state index in [9.17, 15) is 18.3 Å². The lowest BCUT2D eigenvalue weighted by Gasteiger charge is -2.06. The van der Waals surface area contributed by atoms with Crippen molar-refractivity contribution in [1.82, 2.24) is 14.5 Å². The number of fused-ring (bicyclic) bond motifs is 1. The Kier molecular flexibility index (Phi) is 2.63. The maximum Gasteiger partial charge on any atom is 0.203 e. The van der Waals surface area contributed by atoms with E-state index in [2.05, 4.69) is 9.97 Å². The molecule has 0 spiro atoms. The highest BCUT2D eigenvalue weighted by Gasteiger charge is 2.22. The molecule has 7 heteroatoms. The molecule has 4 nitrogen and oxygen atoms in total. The molecule has 0 atom stereocenters. The van der Waals surface area contributed by atoms with Gasteiger partial charge in [-0.3, -0.25) is 4.98 Å². The number of pyridine rings is 1. The van der Waals surface area contributed by atoms with Gasteiger partial charge in [0.05, 0.1) is 22.8 Å². The van der Waals surface area contributed by atoms with Crippen LogP contribution >= 0.6 is 0 Å². The van der Waals surface area contributed by atoms with Gasteiger partial charge in [0, 0.05) is 13.2 Å². The summed E-state index contributed by atoms with van der Waals surface area (Å²) in [6, 6.07) is 2.27. The maximum atomic E-state index is 13.9. The van der Waals surface area contributed by atoms with Crippen molar-refractivity contribution < 1.29 is 18.3 Å². The van der Waals surface area contributed by atoms with Gasteiger partial charge < -0.3 is 9.67 Å². The predicted octanol–water partition coefficient (Wildman–Crippen LogP) is 2.76. The van der Waals surface area contributed by atoms with Crippen molar-refractivity contribution in [2.75, 3.05) is 0 Å². The lowest BCUT2D eigenvalue weighted by atomic mass is 10.1. The van der Waals surface area contributed by atoms with Crippen LogP contribution in [0.3, 0.4) is 0 Å². The molecule has 0 radical (unpaired) electrons. The van der Waals surface area contributed by atoms with Gasteiger partial charge in [0.15, 0.2) is 17.4 Å². The van der Waals surface area contributed by atoms with Crippen LogP contribution in [0.5, 0.6) is 5.75 Å². The zero-order valence-corrected chi connectivity index (χ0v) is 10.2.